The van der Waals surface area contributed by atoms with E-state index in [-0.39, 0.29) is 5.41 Å². The van der Waals surface area contributed by atoms with E-state index < -0.39 is 0 Å². The van der Waals surface area contributed by atoms with E-state index in [0.717, 1.165) is 53.8 Å². The minimum Gasteiger partial charge on any atom is -0.398 e. The van der Waals surface area contributed by atoms with Gasteiger partial charge in [0.1, 0.15) is 0 Å². The van der Waals surface area contributed by atoms with Gasteiger partial charge in [-0.3, -0.25) is 4.79 Å². The molecule has 4 aliphatic rings. The summed E-state index contributed by atoms with van der Waals surface area (Å²) < 4.78 is 0. The third-order valence-electron chi connectivity index (χ3n) is 6.14. The molecule has 4 bridgehead atoms. The van der Waals surface area contributed by atoms with Crippen molar-refractivity contribution in [3.63, 3.8) is 0 Å². The third-order valence-corrected chi connectivity index (χ3v) is 6.14. The van der Waals surface area contributed by atoms with Gasteiger partial charge in [0, 0.05) is 16.7 Å². The third kappa shape index (κ3) is 1.66. The van der Waals surface area contributed by atoms with Gasteiger partial charge in [-0.2, -0.15) is 0 Å². The first-order chi connectivity index (χ1) is 9.57. The van der Waals surface area contributed by atoms with Crippen molar-refractivity contribution >= 4 is 11.5 Å². The van der Waals surface area contributed by atoms with E-state index in [1.165, 1.54) is 19.3 Å². The van der Waals surface area contributed by atoms with Gasteiger partial charge in [-0.1, -0.05) is 12.1 Å². The summed E-state index contributed by atoms with van der Waals surface area (Å²) >= 11 is 0. The van der Waals surface area contributed by atoms with Crippen molar-refractivity contribution in [1.82, 2.24) is 0 Å². The van der Waals surface area contributed by atoms with Crippen molar-refractivity contribution in [2.24, 2.45) is 23.2 Å². The highest BCUT2D eigenvalue weighted by molar-refractivity contribution is 6.02. The Hall–Kier alpha value is -1.31. The second kappa shape index (κ2) is 4.09. The molecule has 2 N–H and O–H groups in total. The first-order valence-electron chi connectivity index (χ1n) is 7.97. The highest BCUT2D eigenvalue weighted by atomic mass is 16.1. The van der Waals surface area contributed by atoms with Gasteiger partial charge in [0.15, 0.2) is 5.78 Å². The molecular weight excluding hydrogens is 246 g/mol. The van der Waals surface area contributed by atoms with Crippen molar-refractivity contribution in [1.29, 1.82) is 0 Å². The lowest BCUT2D eigenvalue weighted by Gasteiger charge is -2.56. The molecule has 0 aliphatic heterocycles. The summed E-state index contributed by atoms with van der Waals surface area (Å²) in [5, 5.41) is 0. The standard InChI is InChI=1S/C18H23NO/c1-11-15(3-2-4-16(11)19)17(20)18-8-12-5-13(9-18)7-14(6-12)10-18/h2-4,12-14H,5-10,19H2,1H3. The summed E-state index contributed by atoms with van der Waals surface area (Å²) in [6, 6.07) is 5.80. The van der Waals surface area contributed by atoms with Crippen molar-refractivity contribution in [2.75, 3.05) is 5.73 Å². The van der Waals surface area contributed by atoms with Crippen LogP contribution in [0.3, 0.4) is 0 Å². The van der Waals surface area contributed by atoms with Gasteiger partial charge >= 0.3 is 0 Å². The number of ketones is 1. The van der Waals surface area contributed by atoms with Crippen molar-refractivity contribution in [3.05, 3.63) is 29.3 Å². The van der Waals surface area contributed by atoms with Gasteiger partial charge in [0.2, 0.25) is 0 Å². The zero-order valence-corrected chi connectivity index (χ0v) is 12.2. The lowest BCUT2D eigenvalue weighted by molar-refractivity contribution is -0.0353. The Balaban J connectivity index is 1.73. The molecule has 4 fully saturated rings. The molecule has 4 aliphatic carbocycles. The number of nitrogen functional groups attached to an aromatic ring is 1. The van der Waals surface area contributed by atoms with Crippen LogP contribution in [0.5, 0.6) is 0 Å². The van der Waals surface area contributed by atoms with E-state index in [1.54, 1.807) is 0 Å². The molecule has 1 aromatic rings. The number of anilines is 1. The number of carbonyl (C=O) groups is 1. The molecule has 2 heteroatoms. The van der Waals surface area contributed by atoms with Crippen LogP contribution in [0.1, 0.15) is 54.4 Å². The maximum atomic E-state index is 13.2. The lowest BCUT2D eigenvalue weighted by atomic mass is 9.48. The van der Waals surface area contributed by atoms with Crippen LogP contribution in [-0.2, 0) is 0 Å². The minimum absolute atomic E-state index is 0.0483. The summed E-state index contributed by atoms with van der Waals surface area (Å²) in [7, 11) is 0. The second-order valence-corrected chi connectivity index (χ2v) is 7.55. The average Bonchev–Trinajstić information content (AvgIpc) is 2.39. The maximum Gasteiger partial charge on any atom is 0.169 e. The summed E-state index contributed by atoms with van der Waals surface area (Å²) in [5.41, 5.74) is 8.56. The fraction of sp³-hybridized carbons (Fsp3) is 0.611. The van der Waals surface area contributed by atoms with Crippen LogP contribution in [0, 0.1) is 30.1 Å². The summed E-state index contributed by atoms with van der Waals surface area (Å²) in [6.45, 7) is 1.99. The van der Waals surface area contributed by atoms with Gasteiger partial charge in [-0.15, -0.1) is 0 Å². The predicted octanol–water partition coefficient (Wildman–Crippen LogP) is 3.98. The highest BCUT2D eigenvalue weighted by Crippen LogP contribution is 2.61. The molecule has 1 aromatic carbocycles. The molecule has 0 spiro atoms. The molecule has 0 amide bonds. The van der Waals surface area contributed by atoms with Gasteiger partial charge in [0.05, 0.1) is 0 Å². The monoisotopic (exact) mass is 269 g/mol. The molecule has 0 heterocycles. The average molecular weight is 269 g/mol. The van der Waals surface area contributed by atoms with E-state index in [2.05, 4.69) is 0 Å². The Morgan fingerprint density at radius 3 is 2.20 bits per heavy atom. The van der Waals surface area contributed by atoms with Crippen LogP contribution in [-0.4, -0.2) is 5.78 Å². The zero-order valence-electron chi connectivity index (χ0n) is 12.2. The number of hydrogen-bond donors (Lipinski definition) is 1. The Morgan fingerprint density at radius 2 is 1.65 bits per heavy atom. The van der Waals surface area contributed by atoms with Crippen molar-refractivity contribution < 1.29 is 4.79 Å². The van der Waals surface area contributed by atoms with Gasteiger partial charge < -0.3 is 5.73 Å². The first-order valence-corrected chi connectivity index (χ1v) is 7.97. The number of hydrogen-bond acceptors (Lipinski definition) is 2. The van der Waals surface area contributed by atoms with E-state index in [0.29, 0.717) is 5.78 Å². The largest absolute Gasteiger partial charge is 0.398 e. The molecule has 0 atom stereocenters. The number of benzene rings is 1. The van der Waals surface area contributed by atoms with Crippen LogP contribution in [0.25, 0.3) is 0 Å². The Labute approximate surface area is 120 Å². The van der Waals surface area contributed by atoms with Gasteiger partial charge in [-0.05, 0) is 74.8 Å². The topological polar surface area (TPSA) is 43.1 Å². The van der Waals surface area contributed by atoms with Crippen LogP contribution < -0.4 is 5.73 Å². The molecule has 106 valence electrons. The van der Waals surface area contributed by atoms with E-state index in [9.17, 15) is 4.79 Å². The van der Waals surface area contributed by atoms with Crippen molar-refractivity contribution in [3.8, 4) is 0 Å². The molecule has 0 unspecified atom stereocenters. The zero-order chi connectivity index (χ0) is 13.9. The number of nitrogens with two attached hydrogens (primary N) is 1. The van der Waals surface area contributed by atoms with Gasteiger partial charge in [-0.25, -0.2) is 0 Å². The fourth-order valence-electron chi connectivity index (χ4n) is 5.57. The lowest BCUT2D eigenvalue weighted by Crippen LogP contribution is -2.50. The Bertz CT molecular complexity index is 539. The Morgan fingerprint density at radius 1 is 1.10 bits per heavy atom. The van der Waals surface area contributed by atoms with E-state index in [1.807, 2.05) is 25.1 Å². The predicted molar refractivity (Wildman–Crippen MR) is 80.5 cm³/mol. The quantitative estimate of drug-likeness (QED) is 0.652. The van der Waals surface area contributed by atoms with Crippen LogP contribution in [0.2, 0.25) is 0 Å². The minimum atomic E-state index is -0.0483. The molecule has 2 nitrogen and oxygen atoms in total. The maximum absolute atomic E-state index is 13.2. The number of carbonyl (C=O) groups excluding carboxylic acids is 1. The van der Waals surface area contributed by atoms with Crippen LogP contribution in [0.4, 0.5) is 5.69 Å². The normalized spacial score (nSPS) is 38.1. The molecule has 5 rings (SSSR count). The Kier molecular flexibility index (Phi) is 2.55. The summed E-state index contributed by atoms with van der Waals surface area (Å²) in [5.74, 6) is 2.83. The van der Waals surface area contributed by atoms with Crippen LogP contribution in [0.15, 0.2) is 18.2 Å². The molecule has 0 saturated heterocycles. The first kappa shape index (κ1) is 12.4. The molecule has 20 heavy (non-hydrogen) atoms. The number of Topliss-reactive ketones (excluding diaryl/α,β-unsaturated/α-hetero) is 1. The summed E-state index contributed by atoms with van der Waals surface area (Å²) in [6.07, 6.45) is 7.53. The smallest absolute Gasteiger partial charge is 0.169 e. The van der Waals surface area contributed by atoms with E-state index in [4.69, 9.17) is 5.73 Å². The molecule has 0 radical (unpaired) electrons. The fourth-order valence-corrected chi connectivity index (χ4v) is 5.57. The molecule has 4 saturated carbocycles. The molecule has 0 aromatic heterocycles. The summed E-state index contributed by atoms with van der Waals surface area (Å²) in [4.78, 5) is 13.2. The van der Waals surface area contributed by atoms with Gasteiger partial charge in [0.25, 0.3) is 0 Å². The molecular formula is C18H23NO. The number of rotatable bonds is 2. The SMILES string of the molecule is Cc1c(N)cccc1C(=O)C12CC3CC(CC(C3)C1)C2. The highest BCUT2D eigenvalue weighted by Gasteiger charge is 2.54. The van der Waals surface area contributed by atoms with E-state index >= 15 is 0 Å². The second-order valence-electron chi connectivity index (χ2n) is 7.55. The van der Waals surface area contributed by atoms with Crippen molar-refractivity contribution in [2.45, 2.75) is 45.4 Å². The van der Waals surface area contributed by atoms with Crippen LogP contribution >= 0.6 is 0 Å².